The van der Waals surface area contributed by atoms with E-state index in [9.17, 15) is 9.59 Å². The van der Waals surface area contributed by atoms with Crippen LogP contribution in [0.1, 0.15) is 41.1 Å². The van der Waals surface area contributed by atoms with Crippen LogP contribution in [0.4, 0.5) is 5.00 Å². The highest BCUT2D eigenvalue weighted by atomic mass is 32.1. The van der Waals surface area contributed by atoms with Gasteiger partial charge in [0.15, 0.2) is 0 Å². The molecule has 0 saturated carbocycles. The molecule has 1 aromatic heterocycles. The van der Waals surface area contributed by atoms with Crippen molar-refractivity contribution in [1.82, 2.24) is 0 Å². The van der Waals surface area contributed by atoms with Crippen LogP contribution in [0.2, 0.25) is 0 Å². The molecule has 0 spiro atoms. The van der Waals surface area contributed by atoms with Crippen LogP contribution in [0.15, 0.2) is 0 Å². The normalized spacial score (nSPS) is 10.6. The highest BCUT2D eigenvalue weighted by Crippen LogP contribution is 2.33. The molecule has 0 saturated heterocycles. The summed E-state index contributed by atoms with van der Waals surface area (Å²) in [5.41, 5.74) is 1.34. The maximum Gasteiger partial charge on any atom is 0.341 e. The number of rotatable bonds is 4. The summed E-state index contributed by atoms with van der Waals surface area (Å²) in [7, 11) is 1.34. The van der Waals surface area contributed by atoms with Gasteiger partial charge in [-0.3, -0.25) is 4.79 Å². The smallest absolute Gasteiger partial charge is 0.341 e. The molecule has 0 bridgehead atoms. The fourth-order valence-electron chi connectivity index (χ4n) is 1.61. The van der Waals surface area contributed by atoms with Crippen molar-refractivity contribution in [1.29, 1.82) is 0 Å². The predicted molar refractivity (Wildman–Crippen MR) is 73.2 cm³/mol. The van der Waals surface area contributed by atoms with E-state index in [-0.39, 0.29) is 11.8 Å². The number of carbonyl (C=O) groups excluding carboxylic acids is 2. The number of anilines is 1. The van der Waals surface area contributed by atoms with Gasteiger partial charge < -0.3 is 10.1 Å². The molecule has 100 valence electrons. The zero-order valence-electron chi connectivity index (χ0n) is 11.4. The minimum Gasteiger partial charge on any atom is -0.465 e. The lowest BCUT2D eigenvalue weighted by Crippen LogP contribution is -2.15. The van der Waals surface area contributed by atoms with E-state index in [1.165, 1.54) is 18.4 Å². The Kier molecular flexibility index (Phi) is 4.90. The van der Waals surface area contributed by atoms with Crippen LogP contribution in [0, 0.1) is 19.8 Å². The van der Waals surface area contributed by atoms with E-state index < -0.39 is 5.97 Å². The van der Waals surface area contributed by atoms with Crippen molar-refractivity contribution in [3.63, 3.8) is 0 Å². The molecule has 0 aliphatic carbocycles. The average Bonchev–Trinajstić information content (AvgIpc) is 2.52. The van der Waals surface area contributed by atoms with Gasteiger partial charge in [-0.1, -0.05) is 13.8 Å². The van der Waals surface area contributed by atoms with Gasteiger partial charge in [-0.2, -0.15) is 0 Å². The number of ether oxygens (including phenoxy) is 1. The second kappa shape index (κ2) is 6.00. The summed E-state index contributed by atoms with van der Waals surface area (Å²) in [6.07, 6.45) is 0.441. The maximum absolute atomic E-state index is 11.8. The van der Waals surface area contributed by atoms with Crippen molar-refractivity contribution in [2.75, 3.05) is 12.4 Å². The third-order valence-electron chi connectivity index (χ3n) is 2.62. The molecule has 0 aliphatic heterocycles. The summed E-state index contributed by atoms with van der Waals surface area (Å²) in [5, 5.41) is 3.38. The van der Waals surface area contributed by atoms with E-state index in [2.05, 4.69) is 5.32 Å². The third-order valence-corrected chi connectivity index (χ3v) is 3.74. The number of thiophene rings is 1. The summed E-state index contributed by atoms with van der Waals surface area (Å²) in [6, 6.07) is 0. The van der Waals surface area contributed by atoms with E-state index in [0.717, 1.165) is 10.4 Å². The third kappa shape index (κ3) is 3.32. The van der Waals surface area contributed by atoms with Gasteiger partial charge in [-0.15, -0.1) is 11.3 Å². The zero-order chi connectivity index (χ0) is 13.9. The first-order chi connectivity index (χ1) is 8.36. The minimum atomic E-state index is -0.406. The van der Waals surface area contributed by atoms with Gasteiger partial charge in [0.25, 0.3) is 0 Å². The Hall–Kier alpha value is -1.36. The molecule has 1 N–H and O–H groups in total. The Morgan fingerprint density at radius 3 is 2.44 bits per heavy atom. The molecular formula is C13H19NO3S. The molecule has 0 aromatic carbocycles. The van der Waals surface area contributed by atoms with Crippen LogP contribution in [0.3, 0.4) is 0 Å². The van der Waals surface area contributed by atoms with Crippen LogP contribution in [0.25, 0.3) is 0 Å². The van der Waals surface area contributed by atoms with Crippen molar-refractivity contribution in [2.45, 2.75) is 34.1 Å². The monoisotopic (exact) mass is 269 g/mol. The summed E-state index contributed by atoms with van der Waals surface area (Å²) in [6.45, 7) is 7.73. The molecule has 4 nitrogen and oxygen atoms in total. The first kappa shape index (κ1) is 14.7. The number of methoxy groups -OCH3 is 1. The lowest BCUT2D eigenvalue weighted by Gasteiger charge is -2.07. The SMILES string of the molecule is COC(=O)c1c(NC(=O)CC(C)C)sc(C)c1C. The molecule has 18 heavy (non-hydrogen) atoms. The number of nitrogens with one attached hydrogen (secondary N) is 1. The van der Waals surface area contributed by atoms with Gasteiger partial charge in [0.1, 0.15) is 5.00 Å². The molecule has 0 atom stereocenters. The number of hydrogen-bond acceptors (Lipinski definition) is 4. The summed E-state index contributed by atoms with van der Waals surface area (Å²) >= 11 is 1.41. The maximum atomic E-state index is 11.8. The summed E-state index contributed by atoms with van der Waals surface area (Å²) < 4.78 is 4.75. The molecule has 0 unspecified atom stereocenters. The van der Waals surface area contributed by atoms with Gasteiger partial charge in [0.2, 0.25) is 5.91 Å². The van der Waals surface area contributed by atoms with Crippen molar-refractivity contribution < 1.29 is 14.3 Å². The first-order valence-electron chi connectivity index (χ1n) is 5.85. The van der Waals surface area contributed by atoms with Crippen molar-refractivity contribution >= 4 is 28.2 Å². The fraction of sp³-hybridized carbons (Fsp3) is 0.538. The molecule has 1 amide bonds. The Bertz CT molecular complexity index is 463. The van der Waals surface area contributed by atoms with Crippen LogP contribution in [0.5, 0.6) is 0 Å². The lowest BCUT2D eigenvalue weighted by atomic mass is 10.1. The second-order valence-electron chi connectivity index (χ2n) is 4.63. The molecular weight excluding hydrogens is 250 g/mol. The van der Waals surface area contributed by atoms with Gasteiger partial charge in [0.05, 0.1) is 12.7 Å². The molecule has 1 rings (SSSR count). The molecule has 5 heteroatoms. The molecule has 0 fully saturated rings. The average molecular weight is 269 g/mol. The van der Waals surface area contributed by atoms with Crippen molar-refractivity contribution in [3.8, 4) is 0 Å². The zero-order valence-corrected chi connectivity index (χ0v) is 12.2. The summed E-state index contributed by atoms with van der Waals surface area (Å²) in [4.78, 5) is 24.5. The predicted octanol–water partition coefficient (Wildman–Crippen LogP) is 3.14. The highest BCUT2D eigenvalue weighted by Gasteiger charge is 2.21. The van der Waals surface area contributed by atoms with E-state index in [1.807, 2.05) is 27.7 Å². The number of hydrogen-bond donors (Lipinski definition) is 1. The standard InChI is InChI=1S/C13H19NO3S/c1-7(2)6-10(15)14-12-11(13(16)17-5)8(3)9(4)18-12/h7H,6H2,1-5H3,(H,14,15). The number of amides is 1. The van der Waals surface area contributed by atoms with E-state index in [4.69, 9.17) is 4.74 Å². The lowest BCUT2D eigenvalue weighted by molar-refractivity contribution is -0.116. The topological polar surface area (TPSA) is 55.4 Å². The molecule has 1 aromatic rings. The number of carbonyl (C=O) groups is 2. The first-order valence-corrected chi connectivity index (χ1v) is 6.66. The Morgan fingerprint density at radius 1 is 1.33 bits per heavy atom. The summed E-state index contributed by atoms with van der Waals surface area (Å²) in [5.74, 6) is -0.193. The fourth-order valence-corrected chi connectivity index (χ4v) is 2.68. The second-order valence-corrected chi connectivity index (χ2v) is 5.85. The van der Waals surface area contributed by atoms with E-state index in [0.29, 0.717) is 17.0 Å². The van der Waals surface area contributed by atoms with E-state index in [1.54, 1.807) is 0 Å². The number of aryl methyl sites for hydroxylation is 1. The quantitative estimate of drug-likeness (QED) is 0.854. The van der Waals surface area contributed by atoms with Gasteiger partial charge in [0, 0.05) is 11.3 Å². The molecule has 0 radical (unpaired) electrons. The van der Waals surface area contributed by atoms with Gasteiger partial charge in [-0.05, 0) is 25.3 Å². The van der Waals surface area contributed by atoms with Gasteiger partial charge in [-0.25, -0.2) is 4.79 Å². The Labute approximate surface area is 111 Å². The largest absolute Gasteiger partial charge is 0.465 e. The van der Waals surface area contributed by atoms with Crippen LogP contribution >= 0.6 is 11.3 Å². The number of esters is 1. The van der Waals surface area contributed by atoms with Crippen LogP contribution in [-0.4, -0.2) is 19.0 Å². The molecule has 1 heterocycles. The highest BCUT2D eigenvalue weighted by molar-refractivity contribution is 7.16. The molecule has 0 aliphatic rings. The van der Waals surface area contributed by atoms with Crippen molar-refractivity contribution in [2.24, 2.45) is 5.92 Å². The van der Waals surface area contributed by atoms with E-state index >= 15 is 0 Å². The Morgan fingerprint density at radius 2 is 1.94 bits per heavy atom. The van der Waals surface area contributed by atoms with Crippen molar-refractivity contribution in [3.05, 3.63) is 16.0 Å². The minimum absolute atomic E-state index is 0.0728. The van der Waals surface area contributed by atoms with Crippen LogP contribution < -0.4 is 5.32 Å². The van der Waals surface area contributed by atoms with Gasteiger partial charge >= 0.3 is 5.97 Å². The van der Waals surface area contributed by atoms with Crippen LogP contribution in [-0.2, 0) is 9.53 Å². The Balaban J connectivity index is 2.99.